The molecule has 2 heterocycles. The highest BCUT2D eigenvalue weighted by Crippen LogP contribution is 2.37. The Labute approximate surface area is 124 Å². The first kappa shape index (κ1) is 13.5. The number of likely N-dealkylation sites (N-methyl/N-ethyl adjacent to an activating group) is 1. The van der Waals surface area contributed by atoms with Gasteiger partial charge >= 0.3 is 0 Å². The molecule has 6 heteroatoms. The molecule has 20 heavy (non-hydrogen) atoms. The number of nitrogens with one attached hydrogen (secondary N) is 1. The summed E-state index contributed by atoms with van der Waals surface area (Å²) in [4.78, 5) is 20.7. The number of aliphatic imine (C=N–C) groups is 1. The number of carbonyl (C=O) groups is 1. The van der Waals surface area contributed by atoms with Gasteiger partial charge in [0.25, 0.3) is 5.91 Å². The number of amides is 1. The second-order valence-electron chi connectivity index (χ2n) is 5.66. The molecule has 0 aromatic rings. The second-order valence-corrected chi connectivity index (χ2v) is 6.01. The Hall–Kier alpha value is -1.49. The zero-order valence-electron chi connectivity index (χ0n) is 11.8. The number of carbonyl (C=O) groups excluding carboxylic acids is 1. The van der Waals surface area contributed by atoms with Crippen molar-refractivity contribution in [2.75, 3.05) is 14.1 Å². The first-order valence-electron chi connectivity index (χ1n) is 6.99. The number of hydrogen-bond acceptors (Lipinski definition) is 4. The van der Waals surface area contributed by atoms with Crippen LogP contribution in [0, 0.1) is 0 Å². The van der Waals surface area contributed by atoms with E-state index in [1.807, 2.05) is 12.3 Å². The highest BCUT2D eigenvalue weighted by atomic mass is 35.5. The summed E-state index contributed by atoms with van der Waals surface area (Å²) in [6.45, 7) is 0. The van der Waals surface area contributed by atoms with Crippen LogP contribution in [0.1, 0.15) is 25.7 Å². The SMILES string of the molecule is CN(C)C(=O)C1=CC2=CNC(Cl)=N[C@@H]2N1C1CCCC1. The summed E-state index contributed by atoms with van der Waals surface area (Å²) in [7, 11) is 3.56. The van der Waals surface area contributed by atoms with Gasteiger partial charge in [0.15, 0.2) is 11.5 Å². The van der Waals surface area contributed by atoms with Gasteiger partial charge in [-0.1, -0.05) is 12.8 Å². The van der Waals surface area contributed by atoms with Crippen LogP contribution in [0.3, 0.4) is 0 Å². The topological polar surface area (TPSA) is 47.9 Å². The molecule has 1 fully saturated rings. The molecule has 1 atom stereocenters. The molecular weight excluding hydrogens is 276 g/mol. The standard InChI is InChI=1S/C14H19ClN4O/c1-18(2)13(20)11-7-9-8-16-14(15)17-12(9)19(11)10-5-3-4-6-10/h7-8,10,12H,3-6H2,1-2H3,(H,16,17)/t12-/m1/s1. The predicted molar refractivity (Wildman–Crippen MR) is 79.2 cm³/mol. The van der Waals surface area contributed by atoms with Crippen molar-refractivity contribution in [1.29, 1.82) is 0 Å². The summed E-state index contributed by atoms with van der Waals surface area (Å²) in [6, 6.07) is 0.382. The number of hydrogen-bond donors (Lipinski definition) is 1. The fraction of sp³-hybridized carbons (Fsp3) is 0.571. The van der Waals surface area contributed by atoms with E-state index in [1.54, 1.807) is 19.0 Å². The quantitative estimate of drug-likeness (QED) is 0.788. The maximum Gasteiger partial charge on any atom is 0.269 e. The second kappa shape index (κ2) is 5.13. The van der Waals surface area contributed by atoms with E-state index < -0.39 is 0 Å². The van der Waals surface area contributed by atoms with Crippen LogP contribution in [0.2, 0.25) is 0 Å². The summed E-state index contributed by atoms with van der Waals surface area (Å²) < 4.78 is 0. The molecule has 0 aromatic heterocycles. The summed E-state index contributed by atoms with van der Waals surface area (Å²) >= 11 is 5.99. The predicted octanol–water partition coefficient (Wildman–Crippen LogP) is 1.62. The third-order valence-electron chi connectivity index (χ3n) is 4.08. The molecule has 2 aliphatic heterocycles. The Morgan fingerprint density at radius 3 is 2.80 bits per heavy atom. The number of rotatable bonds is 2. The van der Waals surface area contributed by atoms with Crippen LogP contribution in [-0.2, 0) is 4.79 Å². The Kier molecular flexibility index (Phi) is 3.46. The van der Waals surface area contributed by atoms with E-state index in [0.717, 1.165) is 24.1 Å². The molecule has 0 spiro atoms. The van der Waals surface area contributed by atoms with Gasteiger partial charge in [0.2, 0.25) is 0 Å². The lowest BCUT2D eigenvalue weighted by atomic mass is 10.2. The van der Waals surface area contributed by atoms with Crippen LogP contribution in [0.5, 0.6) is 0 Å². The minimum absolute atomic E-state index is 0.0264. The average molecular weight is 295 g/mol. The lowest BCUT2D eigenvalue weighted by molar-refractivity contribution is -0.126. The number of amidine groups is 1. The van der Waals surface area contributed by atoms with Crippen LogP contribution in [0.25, 0.3) is 0 Å². The van der Waals surface area contributed by atoms with E-state index in [2.05, 4.69) is 15.2 Å². The number of nitrogens with zero attached hydrogens (tertiary/aromatic N) is 3. The van der Waals surface area contributed by atoms with E-state index in [1.165, 1.54) is 12.8 Å². The molecule has 3 rings (SSSR count). The van der Waals surface area contributed by atoms with Gasteiger partial charge in [-0.2, -0.15) is 0 Å². The van der Waals surface area contributed by atoms with Crippen LogP contribution in [0.15, 0.2) is 28.5 Å². The molecule has 0 radical (unpaired) electrons. The van der Waals surface area contributed by atoms with E-state index in [4.69, 9.17) is 11.6 Å². The van der Waals surface area contributed by atoms with Gasteiger partial charge in [-0.25, -0.2) is 4.99 Å². The van der Waals surface area contributed by atoms with E-state index in [0.29, 0.717) is 11.3 Å². The fourth-order valence-electron chi connectivity index (χ4n) is 3.12. The van der Waals surface area contributed by atoms with Crippen LogP contribution >= 0.6 is 11.6 Å². The lowest BCUT2D eigenvalue weighted by Crippen LogP contribution is -2.43. The van der Waals surface area contributed by atoms with Gasteiger partial charge in [-0.15, -0.1) is 0 Å². The van der Waals surface area contributed by atoms with Crippen molar-refractivity contribution in [2.24, 2.45) is 4.99 Å². The van der Waals surface area contributed by atoms with Crippen molar-refractivity contribution < 1.29 is 4.79 Å². The molecule has 0 unspecified atom stereocenters. The summed E-state index contributed by atoms with van der Waals surface area (Å²) in [5.41, 5.74) is 1.74. The first-order chi connectivity index (χ1) is 9.58. The Bertz CT molecular complexity index is 517. The smallest absolute Gasteiger partial charge is 0.269 e. The van der Waals surface area contributed by atoms with Gasteiger partial charge < -0.3 is 15.1 Å². The van der Waals surface area contributed by atoms with Crippen LogP contribution in [-0.4, -0.2) is 47.3 Å². The molecule has 1 aliphatic carbocycles. The highest BCUT2D eigenvalue weighted by Gasteiger charge is 2.40. The molecule has 0 saturated heterocycles. The Balaban J connectivity index is 1.96. The monoisotopic (exact) mass is 294 g/mol. The maximum absolute atomic E-state index is 12.4. The summed E-state index contributed by atoms with van der Waals surface area (Å²) in [5, 5.41) is 3.29. The van der Waals surface area contributed by atoms with Crippen molar-refractivity contribution in [3.8, 4) is 0 Å². The average Bonchev–Trinajstić information content (AvgIpc) is 3.03. The van der Waals surface area contributed by atoms with Gasteiger partial charge in [0, 0.05) is 31.9 Å². The van der Waals surface area contributed by atoms with Gasteiger partial charge in [-0.3, -0.25) is 4.79 Å². The van der Waals surface area contributed by atoms with Crippen molar-refractivity contribution in [2.45, 2.75) is 37.9 Å². The molecule has 3 aliphatic rings. The first-order valence-corrected chi connectivity index (χ1v) is 7.37. The maximum atomic E-state index is 12.4. The minimum atomic E-state index is -0.147. The minimum Gasteiger partial charge on any atom is -0.344 e. The Morgan fingerprint density at radius 1 is 1.45 bits per heavy atom. The number of halogens is 1. The van der Waals surface area contributed by atoms with Gasteiger partial charge in [-0.05, 0) is 30.5 Å². The highest BCUT2D eigenvalue weighted by molar-refractivity contribution is 6.64. The Morgan fingerprint density at radius 2 is 2.15 bits per heavy atom. The van der Waals surface area contributed by atoms with Gasteiger partial charge in [0.05, 0.1) is 0 Å². The lowest BCUT2D eigenvalue weighted by Gasteiger charge is -2.34. The molecule has 1 amide bonds. The molecule has 0 aromatic carbocycles. The molecule has 1 N–H and O–H groups in total. The van der Waals surface area contributed by atoms with Gasteiger partial charge in [0.1, 0.15) is 5.70 Å². The van der Waals surface area contributed by atoms with Crippen LogP contribution < -0.4 is 5.32 Å². The van der Waals surface area contributed by atoms with Crippen molar-refractivity contribution in [3.63, 3.8) is 0 Å². The zero-order valence-corrected chi connectivity index (χ0v) is 12.5. The van der Waals surface area contributed by atoms with Crippen LogP contribution in [0.4, 0.5) is 0 Å². The fourth-order valence-corrected chi connectivity index (χ4v) is 3.27. The van der Waals surface area contributed by atoms with Crippen molar-refractivity contribution >= 4 is 22.8 Å². The van der Waals surface area contributed by atoms with Crippen molar-refractivity contribution in [1.82, 2.24) is 15.1 Å². The molecule has 5 nitrogen and oxygen atoms in total. The largest absolute Gasteiger partial charge is 0.344 e. The summed E-state index contributed by atoms with van der Waals surface area (Å²) in [5.74, 6) is 0.0264. The van der Waals surface area contributed by atoms with E-state index >= 15 is 0 Å². The molecule has 1 saturated carbocycles. The zero-order chi connectivity index (χ0) is 14.3. The molecule has 108 valence electrons. The molecular formula is C14H19ClN4O. The van der Waals surface area contributed by atoms with E-state index in [-0.39, 0.29) is 12.1 Å². The normalized spacial score (nSPS) is 25.6. The van der Waals surface area contributed by atoms with Crippen molar-refractivity contribution in [3.05, 3.63) is 23.5 Å². The third kappa shape index (κ3) is 2.20. The summed E-state index contributed by atoms with van der Waals surface area (Å²) in [6.07, 6.45) is 8.29. The third-order valence-corrected chi connectivity index (χ3v) is 4.29. The molecule has 0 bridgehead atoms. The number of fused-ring (bicyclic) bond motifs is 1. The van der Waals surface area contributed by atoms with E-state index in [9.17, 15) is 4.79 Å².